The summed E-state index contributed by atoms with van der Waals surface area (Å²) < 4.78 is 7.38. The quantitative estimate of drug-likeness (QED) is 0.566. The third-order valence-corrected chi connectivity index (χ3v) is 4.39. The summed E-state index contributed by atoms with van der Waals surface area (Å²) in [5, 5.41) is 13.3. The Hall–Kier alpha value is -3.42. The summed E-state index contributed by atoms with van der Waals surface area (Å²) in [5.74, 6) is -0.0994. The van der Waals surface area contributed by atoms with Crippen molar-refractivity contribution in [2.75, 3.05) is 6.61 Å². The number of hydrogen-bond acceptors (Lipinski definition) is 5. The van der Waals surface area contributed by atoms with Crippen molar-refractivity contribution >= 4 is 23.1 Å². The predicted octanol–water partition coefficient (Wildman–Crippen LogP) is 3.16. The van der Waals surface area contributed by atoms with Crippen LogP contribution in [0.4, 0.5) is 0 Å². The van der Waals surface area contributed by atoms with Crippen LogP contribution in [0.1, 0.15) is 37.9 Å². The Morgan fingerprint density at radius 3 is 2.79 bits per heavy atom. The summed E-state index contributed by atoms with van der Waals surface area (Å²) in [6.45, 7) is 4.56. The van der Waals surface area contributed by atoms with Crippen LogP contribution in [0.15, 0.2) is 29.1 Å². The van der Waals surface area contributed by atoms with Gasteiger partial charge in [-0.3, -0.25) is 9.48 Å². The van der Waals surface area contributed by atoms with Gasteiger partial charge in [0.2, 0.25) is 0 Å². The Balaban J connectivity index is 2.20. The fourth-order valence-corrected chi connectivity index (χ4v) is 3.12. The van der Waals surface area contributed by atoms with Crippen molar-refractivity contribution in [1.82, 2.24) is 19.7 Å². The van der Waals surface area contributed by atoms with Gasteiger partial charge in [-0.2, -0.15) is 5.10 Å². The van der Waals surface area contributed by atoms with Gasteiger partial charge in [0.1, 0.15) is 17.1 Å². The number of carboxylic acids is 1. The fourth-order valence-electron chi connectivity index (χ4n) is 3.12. The van der Waals surface area contributed by atoms with Crippen molar-refractivity contribution in [3.8, 4) is 17.1 Å². The van der Waals surface area contributed by atoms with Crippen LogP contribution in [0, 0.1) is 0 Å². The first-order valence-electron chi connectivity index (χ1n) is 9.58. The number of benzene rings is 1. The number of fused-ring (bicyclic) bond motifs is 1. The summed E-state index contributed by atoms with van der Waals surface area (Å²) in [6, 6.07) is 5.27. The Labute approximate surface area is 167 Å². The van der Waals surface area contributed by atoms with E-state index in [0.717, 1.165) is 24.6 Å². The molecule has 0 aliphatic heterocycles. The lowest BCUT2D eigenvalue weighted by Crippen LogP contribution is -2.13. The highest BCUT2D eigenvalue weighted by atomic mass is 16.5. The van der Waals surface area contributed by atoms with Crippen LogP contribution in [0.25, 0.3) is 28.5 Å². The minimum absolute atomic E-state index is 0.282. The van der Waals surface area contributed by atoms with E-state index in [9.17, 15) is 9.59 Å². The van der Waals surface area contributed by atoms with Gasteiger partial charge in [-0.25, -0.2) is 9.78 Å². The average Bonchev–Trinajstić information content (AvgIpc) is 3.01. The second kappa shape index (κ2) is 8.72. The van der Waals surface area contributed by atoms with Crippen molar-refractivity contribution < 1.29 is 14.6 Å². The first kappa shape index (κ1) is 20.3. The number of aliphatic carboxylic acids is 1. The number of nitrogens with zero attached hydrogens (tertiary/aromatic N) is 3. The second-order valence-corrected chi connectivity index (χ2v) is 6.71. The van der Waals surface area contributed by atoms with Crippen LogP contribution in [-0.4, -0.2) is 37.4 Å². The van der Waals surface area contributed by atoms with Gasteiger partial charge in [0.05, 0.1) is 17.9 Å². The number of carboxylic acid groups (broad SMARTS) is 1. The summed E-state index contributed by atoms with van der Waals surface area (Å²) in [7, 11) is 1.73. The van der Waals surface area contributed by atoms with Gasteiger partial charge in [-0.1, -0.05) is 26.3 Å². The van der Waals surface area contributed by atoms with E-state index in [1.165, 1.54) is 6.08 Å². The number of hydrogen-bond donors (Lipinski definition) is 2. The number of aromatic nitrogens is 4. The molecule has 0 saturated heterocycles. The van der Waals surface area contributed by atoms with E-state index in [0.29, 0.717) is 46.8 Å². The maximum Gasteiger partial charge on any atom is 0.328 e. The molecule has 3 rings (SSSR count). The number of aryl methyl sites for hydroxylation is 2. The van der Waals surface area contributed by atoms with Gasteiger partial charge in [0.25, 0.3) is 5.56 Å². The molecular formula is C21H24N4O4. The smallest absolute Gasteiger partial charge is 0.328 e. The highest BCUT2D eigenvalue weighted by Crippen LogP contribution is 2.30. The van der Waals surface area contributed by atoms with Gasteiger partial charge in [0, 0.05) is 13.1 Å². The van der Waals surface area contributed by atoms with E-state index in [2.05, 4.69) is 10.1 Å². The molecule has 2 heterocycles. The third kappa shape index (κ3) is 4.37. The zero-order chi connectivity index (χ0) is 21.0. The van der Waals surface area contributed by atoms with E-state index in [1.807, 2.05) is 13.8 Å². The van der Waals surface area contributed by atoms with Gasteiger partial charge in [0.15, 0.2) is 5.52 Å². The lowest BCUT2D eigenvalue weighted by molar-refractivity contribution is -0.131. The van der Waals surface area contributed by atoms with Gasteiger partial charge < -0.3 is 14.8 Å². The number of ether oxygens (including phenoxy) is 1. The highest BCUT2D eigenvalue weighted by Gasteiger charge is 2.17. The fraction of sp³-hybridized carbons (Fsp3) is 0.333. The first-order chi connectivity index (χ1) is 13.9. The molecule has 0 aliphatic rings. The lowest BCUT2D eigenvalue weighted by Gasteiger charge is -2.12. The highest BCUT2D eigenvalue weighted by molar-refractivity contribution is 5.86. The van der Waals surface area contributed by atoms with E-state index >= 15 is 0 Å². The molecule has 2 aromatic heterocycles. The molecule has 3 aromatic rings. The number of aromatic amines is 1. The molecule has 1 aromatic carbocycles. The Kier molecular flexibility index (Phi) is 6.11. The molecule has 0 radical (unpaired) electrons. The van der Waals surface area contributed by atoms with E-state index in [1.54, 1.807) is 29.9 Å². The summed E-state index contributed by atoms with van der Waals surface area (Å²) in [4.78, 5) is 31.1. The van der Waals surface area contributed by atoms with Crippen molar-refractivity contribution in [2.45, 2.75) is 33.1 Å². The van der Waals surface area contributed by atoms with Crippen LogP contribution in [0.3, 0.4) is 0 Å². The first-order valence-corrected chi connectivity index (χ1v) is 9.58. The van der Waals surface area contributed by atoms with Gasteiger partial charge in [-0.05, 0) is 36.6 Å². The van der Waals surface area contributed by atoms with Crippen LogP contribution < -0.4 is 10.3 Å². The molecule has 0 spiro atoms. The third-order valence-electron chi connectivity index (χ3n) is 4.39. The summed E-state index contributed by atoms with van der Waals surface area (Å²) in [6.07, 6.45) is 4.97. The predicted molar refractivity (Wildman–Crippen MR) is 111 cm³/mol. The van der Waals surface area contributed by atoms with Crippen molar-refractivity contribution in [3.63, 3.8) is 0 Å². The minimum atomic E-state index is -1.04. The van der Waals surface area contributed by atoms with Crippen LogP contribution in [0.2, 0.25) is 0 Å². The molecule has 0 amide bonds. The molecule has 8 nitrogen and oxygen atoms in total. The molecule has 8 heteroatoms. The molecule has 29 heavy (non-hydrogen) atoms. The molecule has 0 unspecified atom stereocenters. The minimum Gasteiger partial charge on any atom is -0.493 e. The summed E-state index contributed by atoms with van der Waals surface area (Å²) in [5.41, 5.74) is 2.74. The number of H-pyrrole nitrogens is 1. The zero-order valence-corrected chi connectivity index (χ0v) is 16.7. The molecule has 0 bridgehead atoms. The second-order valence-electron chi connectivity index (χ2n) is 6.71. The lowest BCUT2D eigenvalue weighted by atomic mass is 10.1. The van der Waals surface area contributed by atoms with Crippen molar-refractivity contribution in [3.05, 3.63) is 45.9 Å². The molecule has 0 fully saturated rings. The molecule has 2 N–H and O–H groups in total. The van der Waals surface area contributed by atoms with Crippen molar-refractivity contribution in [2.24, 2.45) is 7.05 Å². The molecule has 0 saturated carbocycles. The SMILES string of the molecule is CCCOc1ccc(C=CC(=O)O)cc1-c1nc2c(CCC)nn(C)c2c(=O)[nH]1. The Bertz CT molecular complexity index is 1130. The topological polar surface area (TPSA) is 110 Å². The van der Waals surface area contributed by atoms with Crippen LogP contribution in [-0.2, 0) is 18.3 Å². The molecule has 152 valence electrons. The zero-order valence-electron chi connectivity index (χ0n) is 16.7. The van der Waals surface area contributed by atoms with E-state index in [4.69, 9.17) is 14.8 Å². The van der Waals surface area contributed by atoms with Crippen molar-refractivity contribution in [1.29, 1.82) is 0 Å². The van der Waals surface area contributed by atoms with Gasteiger partial charge in [-0.15, -0.1) is 0 Å². The number of rotatable bonds is 8. The standard InChI is InChI=1S/C21H24N4O4/c1-4-6-15-18-19(25(3)24-15)21(28)23-20(22-18)14-12-13(8-10-17(26)27)7-9-16(14)29-11-5-2/h7-10,12H,4-6,11H2,1-3H3,(H,26,27)(H,22,23,28). The number of nitrogens with one attached hydrogen (secondary N) is 1. The molecule has 0 aliphatic carbocycles. The Morgan fingerprint density at radius 1 is 1.31 bits per heavy atom. The van der Waals surface area contributed by atoms with Crippen LogP contribution in [0.5, 0.6) is 5.75 Å². The van der Waals surface area contributed by atoms with E-state index < -0.39 is 5.97 Å². The Morgan fingerprint density at radius 2 is 2.10 bits per heavy atom. The summed E-state index contributed by atoms with van der Waals surface area (Å²) >= 11 is 0. The maximum absolute atomic E-state index is 12.7. The largest absolute Gasteiger partial charge is 0.493 e. The normalized spacial score (nSPS) is 11.4. The van der Waals surface area contributed by atoms with Gasteiger partial charge >= 0.3 is 5.97 Å². The maximum atomic E-state index is 12.7. The monoisotopic (exact) mass is 396 g/mol. The molecular weight excluding hydrogens is 372 g/mol. The van der Waals surface area contributed by atoms with Crippen LogP contribution >= 0.6 is 0 Å². The number of carbonyl (C=O) groups is 1. The van der Waals surface area contributed by atoms with E-state index in [-0.39, 0.29) is 5.56 Å². The average molecular weight is 396 g/mol. The molecule has 0 atom stereocenters.